The van der Waals surface area contributed by atoms with E-state index in [1.807, 2.05) is 4.68 Å². The van der Waals surface area contributed by atoms with Gasteiger partial charge in [-0.05, 0) is 30.5 Å². The van der Waals surface area contributed by atoms with E-state index in [0.29, 0.717) is 6.04 Å². The highest BCUT2D eigenvalue weighted by atomic mass is 15.3. The third-order valence-corrected chi connectivity index (χ3v) is 3.12. The number of rotatable bonds is 6. The van der Waals surface area contributed by atoms with Crippen LogP contribution in [0.25, 0.3) is 0 Å². The quantitative estimate of drug-likeness (QED) is 0.849. The van der Waals surface area contributed by atoms with Crippen LogP contribution in [-0.2, 0) is 6.54 Å². The van der Waals surface area contributed by atoms with Crippen molar-refractivity contribution in [3.8, 4) is 0 Å². The zero-order chi connectivity index (χ0) is 12.8. The topological polar surface area (TPSA) is 42.7 Å². The number of hydrogen-bond acceptors (Lipinski definition) is 3. The van der Waals surface area contributed by atoms with Gasteiger partial charge in [0.2, 0.25) is 0 Å². The van der Waals surface area contributed by atoms with E-state index in [4.69, 9.17) is 0 Å². The standard InChI is InChI=1S/C14H20N4/c1-3-13(4-2)17-14-7-5-12(6-8-14)9-18-11-15-10-16-18/h5-8,10-11,13,17H,3-4,9H2,1-2H3. The lowest BCUT2D eigenvalue weighted by atomic mass is 10.1. The Kier molecular flexibility index (Phi) is 4.34. The van der Waals surface area contributed by atoms with Crippen LogP contribution in [0.3, 0.4) is 0 Å². The van der Waals surface area contributed by atoms with Gasteiger partial charge in [-0.1, -0.05) is 26.0 Å². The summed E-state index contributed by atoms with van der Waals surface area (Å²) in [5, 5.41) is 7.63. The van der Waals surface area contributed by atoms with Gasteiger partial charge >= 0.3 is 0 Å². The van der Waals surface area contributed by atoms with E-state index in [9.17, 15) is 0 Å². The fourth-order valence-corrected chi connectivity index (χ4v) is 1.94. The smallest absolute Gasteiger partial charge is 0.137 e. The molecule has 1 heterocycles. The van der Waals surface area contributed by atoms with Crippen LogP contribution in [0.4, 0.5) is 5.69 Å². The van der Waals surface area contributed by atoms with Crippen LogP contribution < -0.4 is 5.32 Å². The number of hydrogen-bond donors (Lipinski definition) is 1. The highest BCUT2D eigenvalue weighted by molar-refractivity contribution is 5.45. The summed E-state index contributed by atoms with van der Waals surface area (Å²) >= 11 is 0. The van der Waals surface area contributed by atoms with Crippen LogP contribution in [0, 0.1) is 0 Å². The molecule has 0 spiro atoms. The molecule has 0 saturated heterocycles. The first-order chi connectivity index (χ1) is 8.81. The van der Waals surface area contributed by atoms with Crippen LogP contribution in [0.2, 0.25) is 0 Å². The zero-order valence-corrected chi connectivity index (χ0v) is 11.0. The van der Waals surface area contributed by atoms with Crippen LogP contribution in [-0.4, -0.2) is 20.8 Å². The minimum Gasteiger partial charge on any atom is -0.382 e. The lowest BCUT2D eigenvalue weighted by Gasteiger charge is -2.16. The van der Waals surface area contributed by atoms with Crippen molar-refractivity contribution in [1.29, 1.82) is 0 Å². The first kappa shape index (κ1) is 12.6. The Hall–Kier alpha value is -1.84. The van der Waals surface area contributed by atoms with E-state index in [2.05, 4.69) is 53.5 Å². The molecule has 96 valence electrons. The molecule has 0 aliphatic carbocycles. The molecule has 4 heteroatoms. The molecule has 2 aromatic rings. The average molecular weight is 244 g/mol. The summed E-state index contributed by atoms with van der Waals surface area (Å²) in [5.74, 6) is 0. The molecular weight excluding hydrogens is 224 g/mol. The van der Waals surface area contributed by atoms with Gasteiger partial charge in [-0.15, -0.1) is 0 Å². The highest BCUT2D eigenvalue weighted by Gasteiger charge is 2.02. The second-order valence-electron chi connectivity index (χ2n) is 4.45. The Bertz CT molecular complexity index is 443. The lowest BCUT2D eigenvalue weighted by Crippen LogP contribution is -2.16. The third kappa shape index (κ3) is 3.32. The van der Waals surface area contributed by atoms with E-state index in [1.165, 1.54) is 11.3 Å². The predicted octanol–water partition coefficient (Wildman–Crippen LogP) is 2.93. The van der Waals surface area contributed by atoms with Crippen molar-refractivity contribution < 1.29 is 0 Å². The summed E-state index contributed by atoms with van der Waals surface area (Å²) in [6.07, 6.45) is 5.59. The zero-order valence-electron chi connectivity index (χ0n) is 11.0. The van der Waals surface area contributed by atoms with Gasteiger partial charge in [0.05, 0.1) is 6.54 Å². The lowest BCUT2D eigenvalue weighted by molar-refractivity contribution is 0.671. The monoisotopic (exact) mass is 244 g/mol. The van der Waals surface area contributed by atoms with E-state index in [-0.39, 0.29) is 0 Å². The number of anilines is 1. The Balaban J connectivity index is 1.97. The molecule has 0 fully saturated rings. The van der Waals surface area contributed by atoms with Crippen molar-refractivity contribution >= 4 is 5.69 Å². The first-order valence-corrected chi connectivity index (χ1v) is 6.49. The van der Waals surface area contributed by atoms with E-state index >= 15 is 0 Å². The fourth-order valence-electron chi connectivity index (χ4n) is 1.94. The van der Waals surface area contributed by atoms with Crippen LogP contribution >= 0.6 is 0 Å². The van der Waals surface area contributed by atoms with Crippen molar-refractivity contribution in [3.05, 3.63) is 42.5 Å². The van der Waals surface area contributed by atoms with Gasteiger partial charge in [0.25, 0.3) is 0 Å². The van der Waals surface area contributed by atoms with E-state index in [1.54, 1.807) is 12.7 Å². The van der Waals surface area contributed by atoms with Crippen molar-refractivity contribution in [2.75, 3.05) is 5.32 Å². The van der Waals surface area contributed by atoms with Gasteiger partial charge in [0, 0.05) is 11.7 Å². The largest absolute Gasteiger partial charge is 0.382 e. The molecule has 0 radical (unpaired) electrons. The minimum absolute atomic E-state index is 0.561. The van der Waals surface area contributed by atoms with Crippen molar-refractivity contribution in [2.45, 2.75) is 39.3 Å². The maximum absolute atomic E-state index is 4.10. The first-order valence-electron chi connectivity index (χ1n) is 6.49. The van der Waals surface area contributed by atoms with Crippen LogP contribution in [0.5, 0.6) is 0 Å². The Morgan fingerprint density at radius 1 is 1.17 bits per heavy atom. The molecule has 0 atom stereocenters. The Labute approximate surface area is 108 Å². The molecular formula is C14H20N4. The average Bonchev–Trinajstić information content (AvgIpc) is 2.91. The Morgan fingerprint density at radius 3 is 2.44 bits per heavy atom. The minimum atomic E-state index is 0.561. The summed E-state index contributed by atoms with van der Waals surface area (Å²) in [4.78, 5) is 3.94. The van der Waals surface area contributed by atoms with Gasteiger partial charge in [-0.2, -0.15) is 5.10 Å². The van der Waals surface area contributed by atoms with E-state index in [0.717, 1.165) is 19.4 Å². The SMILES string of the molecule is CCC(CC)Nc1ccc(Cn2cncn2)cc1. The molecule has 4 nitrogen and oxygen atoms in total. The van der Waals surface area contributed by atoms with Crippen molar-refractivity contribution in [3.63, 3.8) is 0 Å². The van der Waals surface area contributed by atoms with Crippen molar-refractivity contribution in [1.82, 2.24) is 14.8 Å². The molecule has 1 N–H and O–H groups in total. The Morgan fingerprint density at radius 2 is 1.89 bits per heavy atom. The summed E-state index contributed by atoms with van der Waals surface area (Å²) in [5.41, 5.74) is 2.42. The normalized spacial score (nSPS) is 10.8. The number of nitrogens with one attached hydrogen (secondary N) is 1. The van der Waals surface area contributed by atoms with Gasteiger partial charge in [-0.3, -0.25) is 0 Å². The summed E-state index contributed by atoms with van der Waals surface area (Å²) in [6, 6.07) is 9.08. The summed E-state index contributed by atoms with van der Waals surface area (Å²) in [6.45, 7) is 5.19. The summed E-state index contributed by atoms with van der Waals surface area (Å²) in [7, 11) is 0. The maximum atomic E-state index is 4.10. The molecule has 1 aromatic heterocycles. The van der Waals surface area contributed by atoms with Gasteiger partial charge in [-0.25, -0.2) is 9.67 Å². The number of benzene rings is 1. The molecule has 18 heavy (non-hydrogen) atoms. The van der Waals surface area contributed by atoms with Crippen LogP contribution in [0.1, 0.15) is 32.3 Å². The second-order valence-corrected chi connectivity index (χ2v) is 4.45. The van der Waals surface area contributed by atoms with Gasteiger partial charge in [0.15, 0.2) is 0 Å². The summed E-state index contributed by atoms with van der Waals surface area (Å²) < 4.78 is 1.82. The number of nitrogens with zero attached hydrogens (tertiary/aromatic N) is 3. The molecule has 2 rings (SSSR count). The van der Waals surface area contributed by atoms with Crippen molar-refractivity contribution in [2.24, 2.45) is 0 Å². The fraction of sp³-hybridized carbons (Fsp3) is 0.429. The molecule has 0 aliphatic heterocycles. The van der Waals surface area contributed by atoms with Gasteiger partial charge < -0.3 is 5.32 Å². The van der Waals surface area contributed by atoms with Crippen LogP contribution in [0.15, 0.2) is 36.9 Å². The maximum Gasteiger partial charge on any atom is 0.137 e. The van der Waals surface area contributed by atoms with Gasteiger partial charge in [0.1, 0.15) is 12.7 Å². The predicted molar refractivity (Wildman–Crippen MR) is 73.6 cm³/mol. The molecule has 1 aromatic carbocycles. The third-order valence-electron chi connectivity index (χ3n) is 3.12. The van der Waals surface area contributed by atoms with E-state index < -0.39 is 0 Å². The molecule has 0 aliphatic rings. The second kappa shape index (κ2) is 6.19. The number of aromatic nitrogens is 3. The molecule has 0 unspecified atom stereocenters. The molecule has 0 amide bonds. The highest BCUT2D eigenvalue weighted by Crippen LogP contribution is 2.13. The molecule has 0 saturated carbocycles. The molecule has 0 bridgehead atoms.